The second-order valence-corrected chi connectivity index (χ2v) is 5.27. The fourth-order valence-electron chi connectivity index (χ4n) is 2.44. The molecule has 122 valence electrons. The van der Waals surface area contributed by atoms with Gasteiger partial charge in [-0.2, -0.15) is 0 Å². The van der Waals surface area contributed by atoms with Crippen molar-refractivity contribution in [3.05, 3.63) is 61.2 Å². The first kappa shape index (κ1) is 20.4. The summed E-state index contributed by atoms with van der Waals surface area (Å²) in [4.78, 5) is 0. The van der Waals surface area contributed by atoms with E-state index in [1.165, 1.54) is 42.3 Å². The summed E-state index contributed by atoms with van der Waals surface area (Å²) in [6, 6.07) is 14.5. The molecular weight excluding hydrogens is 268 g/mol. The monoisotopic (exact) mass is 300 g/mol. The molecule has 1 heterocycles. The van der Waals surface area contributed by atoms with E-state index >= 15 is 0 Å². The molecule has 0 unspecified atom stereocenters. The Hall–Kier alpha value is -1.64. The molecule has 2 nitrogen and oxygen atoms in total. The highest BCUT2D eigenvalue weighted by Crippen LogP contribution is 2.17. The van der Waals surface area contributed by atoms with Crippen LogP contribution in [0.2, 0.25) is 0 Å². The Morgan fingerprint density at radius 1 is 1.05 bits per heavy atom. The number of hydrogen-bond acceptors (Lipinski definition) is 2. The maximum absolute atomic E-state index is 5.62. The molecule has 2 heteroatoms. The number of nitrogens with one attached hydrogen (secondary N) is 1. The van der Waals surface area contributed by atoms with Gasteiger partial charge in [0.25, 0.3) is 0 Å². The minimum atomic E-state index is 0. The van der Waals surface area contributed by atoms with E-state index < -0.39 is 0 Å². The second kappa shape index (κ2) is 12.0. The van der Waals surface area contributed by atoms with Crippen molar-refractivity contribution in [1.82, 2.24) is 5.32 Å². The third-order valence-corrected chi connectivity index (χ3v) is 3.73. The molecule has 1 saturated heterocycles. The zero-order valence-corrected chi connectivity index (χ0v) is 13.1. The van der Waals surface area contributed by atoms with Crippen LogP contribution in [0.25, 0.3) is 10.8 Å². The third-order valence-electron chi connectivity index (χ3n) is 3.73. The van der Waals surface area contributed by atoms with Crippen molar-refractivity contribution in [3.8, 4) is 0 Å². The van der Waals surface area contributed by atoms with Gasteiger partial charge in [0, 0.05) is 6.54 Å². The van der Waals surface area contributed by atoms with Gasteiger partial charge in [-0.25, -0.2) is 0 Å². The minimum absolute atomic E-state index is 0. The highest BCUT2D eigenvalue weighted by atomic mass is 14.9. The maximum atomic E-state index is 5.62. The Balaban J connectivity index is 0.000000381. The van der Waals surface area contributed by atoms with Gasteiger partial charge in [-0.15, -0.1) is 13.2 Å². The topological polar surface area (TPSA) is 38.0 Å². The summed E-state index contributed by atoms with van der Waals surface area (Å²) in [6.07, 6.45) is 2.75. The fourth-order valence-corrected chi connectivity index (χ4v) is 2.44. The van der Waals surface area contributed by atoms with Crippen LogP contribution in [0.1, 0.15) is 32.8 Å². The molecule has 0 spiro atoms. The lowest BCUT2D eigenvalue weighted by molar-refractivity contribution is 0.402. The molecule has 1 aliphatic rings. The molecule has 0 saturated carbocycles. The molecule has 0 amide bonds. The molecule has 0 aliphatic carbocycles. The van der Waals surface area contributed by atoms with Crippen LogP contribution in [0.3, 0.4) is 0 Å². The lowest BCUT2D eigenvalue weighted by Crippen LogP contribution is -2.26. The van der Waals surface area contributed by atoms with E-state index in [1.807, 2.05) is 18.2 Å². The molecule has 2 aromatic rings. The van der Waals surface area contributed by atoms with Crippen molar-refractivity contribution in [2.45, 2.75) is 33.7 Å². The second-order valence-electron chi connectivity index (χ2n) is 5.27. The molecule has 3 rings (SSSR count). The lowest BCUT2D eigenvalue weighted by atomic mass is 10.0. The number of benzene rings is 2. The van der Waals surface area contributed by atoms with Gasteiger partial charge in [0.1, 0.15) is 0 Å². The van der Waals surface area contributed by atoms with Crippen molar-refractivity contribution in [3.63, 3.8) is 0 Å². The Morgan fingerprint density at radius 3 is 2.18 bits per heavy atom. The molecule has 22 heavy (non-hydrogen) atoms. The molecule has 0 bridgehead atoms. The van der Waals surface area contributed by atoms with Crippen LogP contribution in [0.15, 0.2) is 55.6 Å². The summed E-state index contributed by atoms with van der Waals surface area (Å²) >= 11 is 0. The van der Waals surface area contributed by atoms with Gasteiger partial charge in [-0.3, -0.25) is 0 Å². The van der Waals surface area contributed by atoms with Crippen LogP contribution in [-0.2, 0) is 6.54 Å². The summed E-state index contributed by atoms with van der Waals surface area (Å²) in [5.41, 5.74) is 6.83. The average molecular weight is 300 g/mol. The largest absolute Gasteiger partial charge is 0.326 e. The summed E-state index contributed by atoms with van der Waals surface area (Å²) in [7, 11) is 0. The number of nitrogens with two attached hydrogens (primary N) is 1. The molecule has 0 aromatic heterocycles. The van der Waals surface area contributed by atoms with E-state index in [0.717, 1.165) is 5.92 Å². The van der Waals surface area contributed by atoms with E-state index in [2.05, 4.69) is 49.7 Å². The Kier molecular flexibility index (Phi) is 11.1. The van der Waals surface area contributed by atoms with Gasteiger partial charge in [-0.1, -0.05) is 56.8 Å². The van der Waals surface area contributed by atoms with Crippen LogP contribution in [0.4, 0.5) is 0 Å². The first-order valence-electron chi connectivity index (χ1n) is 7.68. The number of rotatable bonds is 1. The van der Waals surface area contributed by atoms with Crippen molar-refractivity contribution < 1.29 is 0 Å². The van der Waals surface area contributed by atoms with Crippen LogP contribution < -0.4 is 11.1 Å². The smallest absolute Gasteiger partial charge is 0.0184 e. The Bertz CT molecular complexity index is 511. The molecule has 0 atom stereocenters. The normalized spacial score (nSPS) is 13.9. The highest BCUT2D eigenvalue weighted by molar-refractivity contribution is 5.85. The van der Waals surface area contributed by atoms with Gasteiger partial charge < -0.3 is 11.1 Å². The molecule has 1 fully saturated rings. The fraction of sp³-hybridized carbons (Fsp3) is 0.400. The Morgan fingerprint density at radius 2 is 1.64 bits per heavy atom. The first-order chi connectivity index (χ1) is 10.3. The summed E-state index contributed by atoms with van der Waals surface area (Å²) in [6.45, 7) is 11.4. The molecule has 1 aliphatic heterocycles. The van der Waals surface area contributed by atoms with Crippen LogP contribution in [0.5, 0.6) is 0 Å². The third kappa shape index (κ3) is 6.42. The van der Waals surface area contributed by atoms with Gasteiger partial charge in [0.05, 0.1) is 0 Å². The summed E-state index contributed by atoms with van der Waals surface area (Å²) in [5.74, 6) is 0.973. The Labute approximate surface area is 136 Å². The standard InChI is InChI=1S/C11H11N.C6H13N.C2H4.CH4/c12-8-10-6-3-5-9-4-1-2-7-11(9)10;1-6-2-4-7-5-3-6;1-2;/h1-7H,8,12H2;6-7H,2-5H2,1H3;1-2H2;1H4. The van der Waals surface area contributed by atoms with E-state index in [4.69, 9.17) is 5.73 Å². The number of piperidine rings is 1. The van der Waals surface area contributed by atoms with Crippen LogP contribution in [-0.4, -0.2) is 13.1 Å². The van der Waals surface area contributed by atoms with Gasteiger partial charge >= 0.3 is 0 Å². The van der Waals surface area contributed by atoms with E-state index in [-0.39, 0.29) is 7.43 Å². The predicted octanol–water partition coefficient (Wildman–Crippen LogP) is 4.74. The lowest BCUT2D eigenvalue weighted by Gasteiger charge is -2.17. The SMILES string of the molecule is C.C=C.CC1CCNCC1.NCc1cccc2ccccc12. The van der Waals surface area contributed by atoms with Gasteiger partial charge in [0.2, 0.25) is 0 Å². The quantitative estimate of drug-likeness (QED) is 0.746. The highest BCUT2D eigenvalue weighted by Gasteiger charge is 2.05. The van der Waals surface area contributed by atoms with Crippen LogP contribution in [0, 0.1) is 5.92 Å². The maximum Gasteiger partial charge on any atom is 0.0184 e. The minimum Gasteiger partial charge on any atom is -0.326 e. The molecule has 2 aromatic carbocycles. The first-order valence-corrected chi connectivity index (χ1v) is 7.68. The van der Waals surface area contributed by atoms with Crippen molar-refractivity contribution in [1.29, 1.82) is 0 Å². The number of hydrogen-bond donors (Lipinski definition) is 2. The van der Waals surface area contributed by atoms with E-state index in [1.54, 1.807) is 0 Å². The van der Waals surface area contributed by atoms with Gasteiger partial charge in [0.15, 0.2) is 0 Å². The van der Waals surface area contributed by atoms with Crippen molar-refractivity contribution in [2.75, 3.05) is 13.1 Å². The van der Waals surface area contributed by atoms with Crippen LogP contribution >= 0.6 is 0 Å². The number of fused-ring (bicyclic) bond motifs is 1. The zero-order chi connectivity index (χ0) is 15.5. The van der Waals surface area contributed by atoms with E-state index in [9.17, 15) is 0 Å². The van der Waals surface area contributed by atoms with E-state index in [0.29, 0.717) is 6.54 Å². The van der Waals surface area contributed by atoms with Gasteiger partial charge in [-0.05, 0) is 48.2 Å². The summed E-state index contributed by atoms with van der Waals surface area (Å²) < 4.78 is 0. The molecule has 3 N–H and O–H groups in total. The molecule has 0 radical (unpaired) electrons. The zero-order valence-electron chi connectivity index (χ0n) is 13.1. The van der Waals surface area contributed by atoms with Crippen molar-refractivity contribution >= 4 is 10.8 Å². The molecular formula is C20H32N2. The predicted molar refractivity (Wildman–Crippen MR) is 101 cm³/mol. The summed E-state index contributed by atoms with van der Waals surface area (Å²) in [5, 5.41) is 5.85. The average Bonchev–Trinajstić information content (AvgIpc) is 2.57. The van der Waals surface area contributed by atoms with Crippen molar-refractivity contribution in [2.24, 2.45) is 11.7 Å².